The van der Waals surface area contributed by atoms with Crippen molar-refractivity contribution in [2.24, 2.45) is 0 Å². The van der Waals surface area contributed by atoms with Crippen LogP contribution < -0.4 is 10.2 Å². The van der Waals surface area contributed by atoms with Crippen molar-refractivity contribution in [3.05, 3.63) is 65.7 Å². The summed E-state index contributed by atoms with van der Waals surface area (Å²) in [7, 11) is 0. The summed E-state index contributed by atoms with van der Waals surface area (Å²) in [4.78, 5) is 14.2. The van der Waals surface area contributed by atoms with Crippen LogP contribution in [0.2, 0.25) is 0 Å². The van der Waals surface area contributed by atoms with Crippen LogP contribution in [0.1, 0.15) is 24.1 Å². The van der Waals surface area contributed by atoms with Gasteiger partial charge in [-0.3, -0.25) is 4.90 Å². The summed E-state index contributed by atoms with van der Waals surface area (Å²) in [6, 6.07) is 18.1. The Morgan fingerprint density at radius 1 is 1.10 bits per heavy atom. The summed E-state index contributed by atoms with van der Waals surface area (Å²) in [6.45, 7) is 2.77. The van der Waals surface area contributed by atoms with Crippen LogP contribution >= 0.6 is 0 Å². The van der Waals surface area contributed by atoms with Crippen molar-refractivity contribution in [3.63, 3.8) is 0 Å². The molecule has 0 spiro atoms. The molecule has 0 saturated heterocycles. The lowest BCUT2D eigenvalue weighted by Gasteiger charge is -2.21. The summed E-state index contributed by atoms with van der Waals surface area (Å²) in [6.07, 6.45) is 0.934. The molecule has 3 heteroatoms. The smallest absolute Gasteiger partial charge is 0.322 e. The normalized spacial score (nSPS) is 14.8. The highest BCUT2D eigenvalue weighted by atomic mass is 16.2. The summed E-state index contributed by atoms with van der Waals surface area (Å²) >= 11 is 0. The van der Waals surface area contributed by atoms with Crippen molar-refractivity contribution >= 4 is 11.7 Å². The van der Waals surface area contributed by atoms with E-state index >= 15 is 0 Å². The van der Waals surface area contributed by atoms with Crippen LogP contribution in [0.3, 0.4) is 0 Å². The van der Waals surface area contributed by atoms with Crippen molar-refractivity contribution < 1.29 is 4.79 Å². The van der Waals surface area contributed by atoms with Crippen LogP contribution in [0.5, 0.6) is 0 Å². The lowest BCUT2D eigenvalue weighted by molar-refractivity contribution is 0.244. The molecule has 2 aromatic rings. The largest absolute Gasteiger partial charge is 0.331 e. The molecule has 0 radical (unpaired) electrons. The van der Waals surface area contributed by atoms with Crippen LogP contribution in [0, 0.1) is 0 Å². The minimum absolute atomic E-state index is 0.0106. The molecule has 2 aromatic carbocycles. The molecular weight excluding hydrogens is 248 g/mol. The fraction of sp³-hybridized carbons (Fsp3) is 0.235. The van der Waals surface area contributed by atoms with Crippen LogP contribution in [-0.4, -0.2) is 12.6 Å². The maximum atomic E-state index is 12.4. The summed E-state index contributed by atoms with van der Waals surface area (Å²) < 4.78 is 0. The number of nitrogens with zero attached hydrogens (tertiary/aromatic N) is 1. The number of hydrogen-bond donors (Lipinski definition) is 1. The van der Waals surface area contributed by atoms with E-state index in [0.717, 1.165) is 24.2 Å². The third-order valence-electron chi connectivity index (χ3n) is 3.77. The first-order valence-electron chi connectivity index (χ1n) is 6.96. The van der Waals surface area contributed by atoms with Gasteiger partial charge in [0.15, 0.2) is 0 Å². The number of amides is 2. The predicted molar refractivity (Wildman–Crippen MR) is 80.9 cm³/mol. The number of hydrogen-bond acceptors (Lipinski definition) is 1. The third kappa shape index (κ3) is 2.39. The minimum Gasteiger partial charge on any atom is -0.331 e. The Morgan fingerprint density at radius 3 is 2.60 bits per heavy atom. The number of fused-ring (bicyclic) bond motifs is 1. The Morgan fingerprint density at radius 2 is 1.80 bits per heavy atom. The Hall–Kier alpha value is -2.29. The second-order valence-corrected chi connectivity index (χ2v) is 5.11. The molecule has 20 heavy (non-hydrogen) atoms. The molecular formula is C17H18N2O. The van der Waals surface area contributed by atoms with Gasteiger partial charge in [0, 0.05) is 12.2 Å². The predicted octanol–water partition coefficient (Wildman–Crippen LogP) is 3.52. The molecule has 0 unspecified atom stereocenters. The van der Waals surface area contributed by atoms with E-state index in [0.29, 0.717) is 0 Å². The molecule has 0 aliphatic carbocycles. The Bertz CT molecular complexity index is 609. The zero-order chi connectivity index (χ0) is 13.9. The molecule has 1 atom stereocenters. The molecule has 0 bridgehead atoms. The van der Waals surface area contributed by atoms with Gasteiger partial charge in [0.05, 0.1) is 6.04 Å². The van der Waals surface area contributed by atoms with Crippen molar-refractivity contribution in [1.29, 1.82) is 0 Å². The van der Waals surface area contributed by atoms with E-state index in [4.69, 9.17) is 0 Å². The van der Waals surface area contributed by atoms with Gasteiger partial charge in [-0.25, -0.2) is 4.79 Å². The molecule has 1 aliphatic heterocycles. The van der Waals surface area contributed by atoms with Crippen LogP contribution in [0.25, 0.3) is 0 Å². The quantitative estimate of drug-likeness (QED) is 0.886. The number of carbonyl (C=O) groups is 1. The lowest BCUT2D eigenvalue weighted by atomic mass is 10.1. The zero-order valence-corrected chi connectivity index (χ0v) is 11.5. The number of anilines is 1. The summed E-state index contributed by atoms with van der Waals surface area (Å²) in [5.74, 6) is 0. The lowest BCUT2D eigenvalue weighted by Crippen LogP contribution is -2.40. The molecule has 0 fully saturated rings. The van der Waals surface area contributed by atoms with Gasteiger partial charge in [0.25, 0.3) is 0 Å². The first-order chi connectivity index (χ1) is 9.75. The molecule has 0 saturated carbocycles. The maximum Gasteiger partial charge on any atom is 0.322 e. The Labute approximate surface area is 119 Å². The van der Waals surface area contributed by atoms with Gasteiger partial charge in [-0.2, -0.15) is 0 Å². The standard InChI is InChI=1S/C17H18N2O/c1-13(14-7-3-2-4-8-14)18-17(20)19-12-11-15-9-5-6-10-16(15)19/h2-10,13H,11-12H2,1H3,(H,18,20)/t13-/m0/s1. The molecule has 1 aliphatic rings. The van der Waals surface area contributed by atoms with Gasteiger partial charge in [-0.05, 0) is 30.5 Å². The Kier molecular flexibility index (Phi) is 3.42. The number of rotatable bonds is 2. The highest BCUT2D eigenvalue weighted by Crippen LogP contribution is 2.27. The molecule has 102 valence electrons. The second-order valence-electron chi connectivity index (χ2n) is 5.11. The van der Waals surface area contributed by atoms with Gasteiger partial charge in [-0.1, -0.05) is 48.5 Å². The number of benzene rings is 2. The number of nitrogens with one attached hydrogen (secondary N) is 1. The van der Waals surface area contributed by atoms with Crippen LogP contribution in [0.15, 0.2) is 54.6 Å². The average Bonchev–Trinajstić information content (AvgIpc) is 2.92. The fourth-order valence-electron chi connectivity index (χ4n) is 2.64. The highest BCUT2D eigenvalue weighted by molar-refractivity contribution is 5.94. The SMILES string of the molecule is C[C@H](NC(=O)N1CCc2ccccc21)c1ccccc1. The van der Waals surface area contributed by atoms with Crippen LogP contribution in [-0.2, 0) is 6.42 Å². The summed E-state index contributed by atoms with van der Waals surface area (Å²) in [5.41, 5.74) is 3.40. The maximum absolute atomic E-state index is 12.4. The van der Waals surface area contributed by atoms with Gasteiger partial charge >= 0.3 is 6.03 Å². The average molecular weight is 266 g/mol. The van der Waals surface area contributed by atoms with E-state index in [9.17, 15) is 4.79 Å². The van der Waals surface area contributed by atoms with E-state index in [1.165, 1.54) is 5.56 Å². The van der Waals surface area contributed by atoms with E-state index in [1.807, 2.05) is 60.4 Å². The molecule has 0 aromatic heterocycles. The second kappa shape index (κ2) is 5.37. The van der Waals surface area contributed by atoms with E-state index < -0.39 is 0 Å². The zero-order valence-electron chi connectivity index (χ0n) is 11.5. The van der Waals surface area contributed by atoms with Crippen molar-refractivity contribution in [1.82, 2.24) is 5.32 Å². The van der Waals surface area contributed by atoms with E-state index in [-0.39, 0.29) is 12.1 Å². The first-order valence-corrected chi connectivity index (χ1v) is 6.96. The topological polar surface area (TPSA) is 32.3 Å². The monoisotopic (exact) mass is 266 g/mol. The molecule has 1 heterocycles. The molecule has 1 N–H and O–H groups in total. The third-order valence-corrected chi connectivity index (χ3v) is 3.77. The summed E-state index contributed by atoms with van der Waals surface area (Å²) in [5, 5.41) is 3.07. The molecule has 3 rings (SSSR count). The fourth-order valence-corrected chi connectivity index (χ4v) is 2.64. The number of para-hydroxylation sites is 1. The first kappa shape index (κ1) is 12.7. The van der Waals surface area contributed by atoms with Crippen LogP contribution in [0.4, 0.5) is 10.5 Å². The Balaban J connectivity index is 1.72. The van der Waals surface area contributed by atoms with E-state index in [2.05, 4.69) is 11.4 Å². The molecule has 3 nitrogen and oxygen atoms in total. The number of carbonyl (C=O) groups excluding carboxylic acids is 1. The van der Waals surface area contributed by atoms with Crippen molar-refractivity contribution in [2.75, 3.05) is 11.4 Å². The van der Waals surface area contributed by atoms with Gasteiger partial charge in [-0.15, -0.1) is 0 Å². The highest BCUT2D eigenvalue weighted by Gasteiger charge is 2.24. The molecule has 2 amide bonds. The minimum atomic E-state index is -0.0219. The van der Waals surface area contributed by atoms with Gasteiger partial charge in [0.2, 0.25) is 0 Å². The van der Waals surface area contributed by atoms with Crippen molar-refractivity contribution in [3.8, 4) is 0 Å². The van der Waals surface area contributed by atoms with Crippen molar-refractivity contribution in [2.45, 2.75) is 19.4 Å². The van der Waals surface area contributed by atoms with E-state index in [1.54, 1.807) is 0 Å². The van der Waals surface area contributed by atoms with Gasteiger partial charge in [0.1, 0.15) is 0 Å². The van der Waals surface area contributed by atoms with Gasteiger partial charge < -0.3 is 5.32 Å². The number of urea groups is 1.